The van der Waals surface area contributed by atoms with E-state index >= 15 is 0 Å². The van der Waals surface area contributed by atoms with Crippen molar-refractivity contribution in [3.63, 3.8) is 0 Å². The average molecular weight is 388 g/mol. The maximum atomic E-state index is 6.19. The molecule has 0 saturated heterocycles. The first-order chi connectivity index (χ1) is 11.1. The van der Waals surface area contributed by atoms with Crippen molar-refractivity contribution in [3.8, 4) is 0 Å². The van der Waals surface area contributed by atoms with E-state index in [1.807, 2.05) is 24.3 Å². The first kappa shape index (κ1) is 15.8. The average Bonchev–Trinajstić information content (AvgIpc) is 2.55. The zero-order valence-electron chi connectivity index (χ0n) is 12.3. The first-order valence-corrected chi connectivity index (χ1v) is 8.46. The Kier molecular flexibility index (Phi) is 4.78. The van der Waals surface area contributed by atoms with Gasteiger partial charge in [0.1, 0.15) is 22.9 Å². The molecule has 7 heteroatoms. The van der Waals surface area contributed by atoms with Crippen molar-refractivity contribution in [2.24, 2.45) is 0 Å². The fourth-order valence-electron chi connectivity index (χ4n) is 1.85. The third-order valence-corrected chi connectivity index (χ3v) is 4.55. The maximum absolute atomic E-state index is 6.19. The Bertz CT molecular complexity index is 740. The van der Waals surface area contributed by atoms with Gasteiger partial charge in [-0.05, 0) is 47.1 Å². The minimum atomic E-state index is 0.503. The van der Waals surface area contributed by atoms with E-state index in [9.17, 15) is 0 Å². The van der Waals surface area contributed by atoms with Gasteiger partial charge in [0.15, 0.2) is 5.82 Å². The summed E-state index contributed by atoms with van der Waals surface area (Å²) in [5.74, 6) is 1.22. The van der Waals surface area contributed by atoms with Crippen LogP contribution in [-0.4, -0.2) is 15.0 Å². The molecule has 0 aliphatic heterocycles. The molecule has 3 N–H and O–H groups in total. The maximum Gasteiger partial charge on any atom is 0.159 e. The highest BCUT2D eigenvalue weighted by Crippen LogP contribution is 2.33. The van der Waals surface area contributed by atoms with E-state index in [0.29, 0.717) is 22.3 Å². The summed E-state index contributed by atoms with van der Waals surface area (Å²) in [6.07, 6.45) is 3.20. The van der Waals surface area contributed by atoms with Gasteiger partial charge in [-0.2, -0.15) is 0 Å². The molecule has 0 saturated carbocycles. The monoisotopic (exact) mass is 387 g/mol. The summed E-state index contributed by atoms with van der Waals surface area (Å²) in [6.45, 7) is 2.06. The smallest absolute Gasteiger partial charge is 0.159 e. The van der Waals surface area contributed by atoms with Gasteiger partial charge in [-0.25, -0.2) is 15.0 Å². The summed E-state index contributed by atoms with van der Waals surface area (Å²) >= 11 is 4.86. The molecule has 1 aromatic carbocycles. The van der Waals surface area contributed by atoms with Crippen LogP contribution in [0, 0.1) is 6.92 Å². The number of hydrogen-bond donors (Lipinski definition) is 2. The molecule has 3 rings (SSSR count). The van der Waals surface area contributed by atoms with Crippen molar-refractivity contribution in [1.82, 2.24) is 15.0 Å². The molecule has 3 aromatic rings. The second-order valence-corrected chi connectivity index (χ2v) is 6.82. The van der Waals surface area contributed by atoms with Crippen molar-refractivity contribution < 1.29 is 0 Å². The highest BCUT2D eigenvalue weighted by molar-refractivity contribution is 9.10. The van der Waals surface area contributed by atoms with Crippen molar-refractivity contribution >= 4 is 45.0 Å². The van der Waals surface area contributed by atoms with Crippen molar-refractivity contribution in [2.75, 3.05) is 11.1 Å². The van der Waals surface area contributed by atoms with Gasteiger partial charge in [0.25, 0.3) is 0 Å². The molecule has 0 aliphatic rings. The van der Waals surface area contributed by atoms with Crippen molar-refractivity contribution in [1.29, 1.82) is 0 Å². The number of aryl methyl sites for hydroxylation is 1. The number of nitrogens with one attached hydrogen (secondary N) is 1. The van der Waals surface area contributed by atoms with Gasteiger partial charge < -0.3 is 11.1 Å². The van der Waals surface area contributed by atoms with Crippen LogP contribution in [0.25, 0.3) is 0 Å². The Hall–Kier alpha value is -2.12. The lowest BCUT2D eigenvalue weighted by molar-refractivity contribution is 1.06. The lowest BCUT2D eigenvalue weighted by atomic mass is 10.2. The molecule has 0 radical (unpaired) electrons. The van der Waals surface area contributed by atoms with E-state index in [1.54, 1.807) is 6.20 Å². The van der Waals surface area contributed by atoms with Crippen molar-refractivity contribution in [2.45, 2.75) is 16.8 Å². The largest absolute Gasteiger partial charge is 0.394 e. The SMILES string of the molecule is Cc1ccc(Sc2ncnc(Nc3ccc(Br)cn3)c2N)cc1. The number of nitrogens with two attached hydrogens (primary N) is 1. The Morgan fingerprint density at radius 3 is 2.52 bits per heavy atom. The standard InChI is InChI=1S/C16H14BrN5S/c1-10-2-5-12(6-3-10)23-16-14(18)15(20-9-21-16)22-13-7-4-11(17)8-19-13/h2-9H,18H2,1H3,(H,19,20,21,22). The molecule has 116 valence electrons. The van der Waals surface area contributed by atoms with Crippen LogP contribution in [0.4, 0.5) is 17.3 Å². The topological polar surface area (TPSA) is 76.7 Å². The number of rotatable bonds is 4. The van der Waals surface area contributed by atoms with E-state index in [2.05, 4.69) is 55.3 Å². The summed E-state index contributed by atoms with van der Waals surface area (Å²) < 4.78 is 0.911. The van der Waals surface area contributed by atoms with Crippen LogP contribution in [-0.2, 0) is 0 Å². The van der Waals surface area contributed by atoms with Gasteiger partial charge in [-0.15, -0.1) is 0 Å². The molecule has 0 fully saturated rings. The minimum Gasteiger partial charge on any atom is -0.394 e. The van der Waals surface area contributed by atoms with Crippen molar-refractivity contribution in [3.05, 3.63) is 59.0 Å². The number of hydrogen-bond acceptors (Lipinski definition) is 6. The zero-order chi connectivity index (χ0) is 16.2. The van der Waals surface area contributed by atoms with Gasteiger partial charge in [0.2, 0.25) is 0 Å². The number of nitrogen functional groups attached to an aromatic ring is 1. The van der Waals surface area contributed by atoms with Gasteiger partial charge in [0, 0.05) is 15.6 Å². The molecule has 0 spiro atoms. The predicted molar refractivity (Wildman–Crippen MR) is 97.0 cm³/mol. The summed E-state index contributed by atoms with van der Waals surface area (Å²) in [7, 11) is 0. The third-order valence-electron chi connectivity index (χ3n) is 3.06. The normalized spacial score (nSPS) is 10.5. The first-order valence-electron chi connectivity index (χ1n) is 6.85. The molecule has 0 atom stereocenters. The lowest BCUT2D eigenvalue weighted by Gasteiger charge is -2.10. The second kappa shape index (κ2) is 6.97. The zero-order valence-corrected chi connectivity index (χ0v) is 14.7. The number of anilines is 3. The van der Waals surface area contributed by atoms with E-state index < -0.39 is 0 Å². The van der Waals surface area contributed by atoms with Crippen LogP contribution in [0.2, 0.25) is 0 Å². The van der Waals surface area contributed by atoms with E-state index in [1.165, 1.54) is 23.7 Å². The second-order valence-electron chi connectivity index (χ2n) is 4.84. The number of aromatic nitrogens is 3. The molecule has 0 bridgehead atoms. The summed E-state index contributed by atoms with van der Waals surface area (Å²) in [6, 6.07) is 12.0. The Labute approximate surface area is 146 Å². The number of benzene rings is 1. The molecule has 23 heavy (non-hydrogen) atoms. The fraction of sp³-hybridized carbons (Fsp3) is 0.0625. The van der Waals surface area contributed by atoms with Crippen LogP contribution in [0.15, 0.2) is 63.3 Å². The van der Waals surface area contributed by atoms with Gasteiger partial charge in [-0.3, -0.25) is 0 Å². The highest BCUT2D eigenvalue weighted by atomic mass is 79.9. The molecular weight excluding hydrogens is 374 g/mol. The van der Waals surface area contributed by atoms with E-state index in [-0.39, 0.29) is 0 Å². The predicted octanol–water partition coefficient (Wildman–Crippen LogP) is 4.42. The van der Waals surface area contributed by atoms with Gasteiger partial charge >= 0.3 is 0 Å². The van der Waals surface area contributed by atoms with Crippen LogP contribution < -0.4 is 11.1 Å². The quantitative estimate of drug-likeness (QED) is 0.645. The molecule has 2 heterocycles. The van der Waals surface area contributed by atoms with Crippen LogP contribution >= 0.6 is 27.7 Å². The molecule has 0 aliphatic carbocycles. The molecule has 2 aromatic heterocycles. The fourth-order valence-corrected chi connectivity index (χ4v) is 2.89. The number of nitrogens with zero attached hydrogens (tertiary/aromatic N) is 3. The van der Waals surface area contributed by atoms with E-state index in [0.717, 1.165) is 9.37 Å². The highest BCUT2D eigenvalue weighted by Gasteiger charge is 2.10. The van der Waals surface area contributed by atoms with Crippen LogP contribution in [0.3, 0.4) is 0 Å². The Morgan fingerprint density at radius 2 is 1.83 bits per heavy atom. The van der Waals surface area contributed by atoms with Gasteiger partial charge in [0.05, 0.1) is 0 Å². The summed E-state index contributed by atoms with van der Waals surface area (Å²) in [5, 5.41) is 3.82. The molecule has 0 unspecified atom stereocenters. The van der Waals surface area contributed by atoms with Gasteiger partial charge in [-0.1, -0.05) is 29.5 Å². The molecular formula is C16H14BrN5S. The Morgan fingerprint density at radius 1 is 1.04 bits per heavy atom. The number of pyridine rings is 1. The van der Waals surface area contributed by atoms with Crippen LogP contribution in [0.5, 0.6) is 0 Å². The lowest BCUT2D eigenvalue weighted by Crippen LogP contribution is -2.03. The van der Waals surface area contributed by atoms with E-state index in [4.69, 9.17) is 5.73 Å². The minimum absolute atomic E-state index is 0.503. The molecule has 0 amide bonds. The summed E-state index contributed by atoms with van der Waals surface area (Å²) in [4.78, 5) is 13.8. The Balaban J connectivity index is 1.83. The molecule has 5 nitrogen and oxygen atoms in total. The van der Waals surface area contributed by atoms with Crippen LogP contribution in [0.1, 0.15) is 5.56 Å². The third kappa shape index (κ3) is 4.00. The summed E-state index contributed by atoms with van der Waals surface area (Å²) in [5.41, 5.74) is 7.91. The number of halogens is 1.